The summed E-state index contributed by atoms with van der Waals surface area (Å²) in [6.45, 7) is 6.60. The van der Waals surface area contributed by atoms with Crippen LogP contribution >= 0.6 is 22.6 Å². The van der Waals surface area contributed by atoms with E-state index in [4.69, 9.17) is 9.47 Å². The molecule has 3 heterocycles. The van der Waals surface area contributed by atoms with E-state index in [1.807, 2.05) is 56.4 Å². The van der Waals surface area contributed by atoms with Gasteiger partial charge < -0.3 is 29.2 Å². The standard InChI is InChI=1S/C29H37IN2O6Si/c1-18-27(39(3,4)36)25(15-26(34)31-12-6-9-21(31)17-33)38-29(18)23-14-22(37-2)10-11-24(23)32(28(29)35)16-19-7-5-8-20(30)13-19/h5,7-8,10-11,13-14,18,21,25,27,33,36H,6,9,12,15-17H2,1-4H3/t18-,21-,25+,27-,29+/m0/s1. The number of halogens is 1. The fourth-order valence-electron chi connectivity index (χ4n) is 7.00. The number of benzene rings is 2. The largest absolute Gasteiger partial charge is 0.497 e. The number of carbonyl (C=O) groups is 2. The zero-order valence-corrected chi connectivity index (χ0v) is 26.1. The van der Waals surface area contributed by atoms with Crippen LogP contribution in [0.2, 0.25) is 18.6 Å². The van der Waals surface area contributed by atoms with Crippen LogP contribution in [-0.2, 0) is 26.5 Å². The molecule has 5 atom stereocenters. The third-order valence-corrected chi connectivity index (χ3v) is 11.9. The Labute approximate surface area is 244 Å². The zero-order chi connectivity index (χ0) is 28.1. The average molecular weight is 665 g/mol. The summed E-state index contributed by atoms with van der Waals surface area (Å²) in [5.74, 6) is -0.0264. The van der Waals surface area contributed by atoms with Crippen molar-refractivity contribution in [2.45, 2.75) is 69.1 Å². The summed E-state index contributed by atoms with van der Waals surface area (Å²) in [6.07, 6.45) is 1.07. The Kier molecular flexibility index (Phi) is 7.88. The molecule has 5 rings (SSSR count). The Hall–Kier alpha value is -1.99. The van der Waals surface area contributed by atoms with Gasteiger partial charge in [-0.05, 0) is 84.4 Å². The van der Waals surface area contributed by atoms with E-state index in [-0.39, 0.29) is 42.3 Å². The summed E-state index contributed by atoms with van der Waals surface area (Å²) in [5, 5.41) is 9.78. The lowest BCUT2D eigenvalue weighted by atomic mass is 9.82. The molecule has 0 radical (unpaired) electrons. The second-order valence-corrected chi connectivity index (χ2v) is 16.8. The van der Waals surface area contributed by atoms with Crippen LogP contribution in [0.4, 0.5) is 5.69 Å². The van der Waals surface area contributed by atoms with E-state index >= 15 is 0 Å². The van der Waals surface area contributed by atoms with Crippen LogP contribution in [0.5, 0.6) is 5.75 Å². The number of amides is 2. The molecule has 0 aromatic heterocycles. The van der Waals surface area contributed by atoms with Crippen LogP contribution in [0.15, 0.2) is 42.5 Å². The van der Waals surface area contributed by atoms with E-state index in [1.165, 1.54) is 0 Å². The minimum atomic E-state index is -2.90. The Balaban J connectivity index is 1.56. The number of likely N-dealkylation sites (tertiary alicyclic amines) is 1. The molecule has 2 aromatic rings. The molecule has 10 heteroatoms. The molecule has 2 saturated heterocycles. The fraction of sp³-hybridized carbons (Fsp3) is 0.517. The van der Waals surface area contributed by atoms with E-state index in [1.54, 1.807) is 16.9 Å². The third-order valence-electron chi connectivity index (χ3n) is 8.70. The molecule has 2 N–H and O–H groups in total. The van der Waals surface area contributed by atoms with Crippen LogP contribution in [0.1, 0.15) is 37.3 Å². The number of aliphatic hydroxyl groups excluding tert-OH is 1. The zero-order valence-electron chi connectivity index (χ0n) is 22.9. The highest BCUT2D eigenvalue weighted by molar-refractivity contribution is 14.1. The van der Waals surface area contributed by atoms with Crippen molar-refractivity contribution in [3.05, 3.63) is 57.2 Å². The number of rotatable bonds is 7. The molecule has 3 aliphatic heterocycles. The van der Waals surface area contributed by atoms with Gasteiger partial charge in [0.25, 0.3) is 5.91 Å². The Morgan fingerprint density at radius 3 is 2.69 bits per heavy atom. The molecule has 210 valence electrons. The molecular weight excluding hydrogens is 627 g/mol. The van der Waals surface area contributed by atoms with Gasteiger partial charge in [0.15, 0.2) is 13.9 Å². The van der Waals surface area contributed by atoms with Gasteiger partial charge >= 0.3 is 0 Å². The fourth-order valence-corrected chi connectivity index (χ4v) is 10.2. The number of aliphatic hydroxyl groups is 1. The van der Waals surface area contributed by atoms with E-state index in [9.17, 15) is 19.5 Å². The summed E-state index contributed by atoms with van der Waals surface area (Å²) in [5.41, 5.74) is 0.795. The summed E-state index contributed by atoms with van der Waals surface area (Å²) in [6, 6.07) is 13.5. The van der Waals surface area contributed by atoms with E-state index < -0.39 is 20.0 Å². The summed E-state index contributed by atoms with van der Waals surface area (Å²) in [4.78, 5) is 43.0. The first kappa shape index (κ1) is 28.5. The monoisotopic (exact) mass is 664 g/mol. The minimum Gasteiger partial charge on any atom is -0.497 e. The lowest BCUT2D eigenvalue weighted by Gasteiger charge is -2.32. The number of hydrogen-bond acceptors (Lipinski definition) is 6. The van der Waals surface area contributed by atoms with Crippen LogP contribution < -0.4 is 9.64 Å². The first-order valence-electron chi connectivity index (χ1n) is 13.6. The molecule has 0 unspecified atom stereocenters. The van der Waals surface area contributed by atoms with Crippen molar-refractivity contribution in [1.82, 2.24) is 4.90 Å². The molecule has 3 aliphatic rings. The normalized spacial score (nSPS) is 28.4. The highest BCUT2D eigenvalue weighted by atomic mass is 127. The van der Waals surface area contributed by atoms with Gasteiger partial charge in [-0.2, -0.15) is 0 Å². The molecule has 0 bridgehead atoms. The first-order chi connectivity index (χ1) is 18.5. The summed E-state index contributed by atoms with van der Waals surface area (Å²) < 4.78 is 13.4. The molecule has 2 fully saturated rings. The van der Waals surface area contributed by atoms with Crippen molar-refractivity contribution in [1.29, 1.82) is 0 Å². The Bertz CT molecular complexity index is 1270. The molecule has 2 aromatic carbocycles. The smallest absolute Gasteiger partial charge is 0.264 e. The number of ether oxygens (including phenoxy) is 2. The quantitative estimate of drug-likeness (QED) is 0.343. The number of methoxy groups -OCH3 is 1. The van der Waals surface area contributed by atoms with Crippen molar-refractivity contribution < 1.29 is 29.0 Å². The molecule has 1 spiro atoms. The van der Waals surface area contributed by atoms with Crippen molar-refractivity contribution in [3.63, 3.8) is 0 Å². The van der Waals surface area contributed by atoms with Gasteiger partial charge in [-0.1, -0.05) is 19.1 Å². The van der Waals surface area contributed by atoms with Crippen LogP contribution in [0.3, 0.4) is 0 Å². The van der Waals surface area contributed by atoms with Gasteiger partial charge in [0.05, 0.1) is 44.5 Å². The lowest BCUT2D eigenvalue weighted by molar-refractivity contribution is -0.150. The van der Waals surface area contributed by atoms with E-state index in [2.05, 4.69) is 28.7 Å². The topological polar surface area (TPSA) is 99.5 Å². The third kappa shape index (κ3) is 4.92. The number of nitrogens with zero attached hydrogens (tertiary/aromatic N) is 2. The molecule has 2 amide bonds. The van der Waals surface area contributed by atoms with Gasteiger partial charge in [0.1, 0.15) is 5.75 Å². The number of fused-ring (bicyclic) bond motifs is 2. The molecule has 0 saturated carbocycles. The second kappa shape index (κ2) is 10.8. The Morgan fingerprint density at radius 2 is 2.03 bits per heavy atom. The Morgan fingerprint density at radius 1 is 1.26 bits per heavy atom. The van der Waals surface area contributed by atoms with E-state index in [0.717, 1.165) is 33.2 Å². The lowest BCUT2D eigenvalue weighted by Crippen LogP contribution is -2.46. The van der Waals surface area contributed by atoms with Crippen LogP contribution in [0, 0.1) is 9.49 Å². The highest BCUT2D eigenvalue weighted by Gasteiger charge is 2.66. The number of anilines is 1. The van der Waals surface area contributed by atoms with Gasteiger partial charge in [0.2, 0.25) is 5.91 Å². The minimum absolute atomic E-state index is 0.0632. The SMILES string of the molecule is COc1ccc2c(c1)[C@@]1(O[C@H](CC(=O)N3CCC[C@H]3CO)[C@@H]([Si](C)(C)O)[C@@H]1C)C(=O)N2Cc1cccc(I)c1. The predicted molar refractivity (Wildman–Crippen MR) is 159 cm³/mol. The maximum atomic E-state index is 14.5. The van der Waals surface area contributed by atoms with Gasteiger partial charge in [-0.3, -0.25) is 9.59 Å². The summed E-state index contributed by atoms with van der Waals surface area (Å²) in [7, 11) is -1.31. The molecule has 8 nitrogen and oxygen atoms in total. The molecule has 39 heavy (non-hydrogen) atoms. The molecule has 0 aliphatic carbocycles. The van der Waals surface area contributed by atoms with Gasteiger partial charge in [-0.25, -0.2) is 0 Å². The first-order valence-corrected chi connectivity index (χ1v) is 17.7. The second-order valence-electron chi connectivity index (χ2n) is 11.5. The van der Waals surface area contributed by atoms with Gasteiger partial charge in [-0.15, -0.1) is 0 Å². The van der Waals surface area contributed by atoms with Crippen molar-refractivity contribution in [2.24, 2.45) is 5.92 Å². The average Bonchev–Trinajstić information content (AvgIpc) is 3.54. The summed E-state index contributed by atoms with van der Waals surface area (Å²) >= 11 is 2.27. The predicted octanol–water partition coefficient (Wildman–Crippen LogP) is 4.02. The van der Waals surface area contributed by atoms with Crippen molar-refractivity contribution in [2.75, 3.05) is 25.2 Å². The number of carbonyl (C=O) groups excluding carboxylic acids is 2. The van der Waals surface area contributed by atoms with E-state index in [0.29, 0.717) is 18.8 Å². The highest BCUT2D eigenvalue weighted by Crippen LogP contribution is 2.60. The maximum absolute atomic E-state index is 14.5. The molecular formula is C29H37IN2O6Si. The van der Waals surface area contributed by atoms with Crippen LogP contribution in [-0.4, -0.2) is 67.3 Å². The van der Waals surface area contributed by atoms with Crippen LogP contribution in [0.25, 0.3) is 0 Å². The van der Waals surface area contributed by atoms with Crippen molar-refractivity contribution in [3.8, 4) is 5.75 Å². The maximum Gasteiger partial charge on any atom is 0.264 e. The van der Waals surface area contributed by atoms with Gasteiger partial charge in [0, 0.05) is 27.1 Å². The van der Waals surface area contributed by atoms with Crippen molar-refractivity contribution >= 4 is 48.4 Å². The number of hydrogen-bond donors (Lipinski definition) is 2.